The predicted molar refractivity (Wildman–Crippen MR) is 151 cm³/mol. The van der Waals surface area contributed by atoms with Gasteiger partial charge in [0.15, 0.2) is 5.78 Å². The Bertz CT molecular complexity index is 1650. The minimum absolute atomic E-state index is 0. The minimum atomic E-state index is -0.125. The topological polar surface area (TPSA) is 63.3 Å². The first-order valence-corrected chi connectivity index (χ1v) is 12.9. The van der Waals surface area contributed by atoms with Crippen LogP contribution in [0.2, 0.25) is 0 Å². The number of ketones is 1. The van der Waals surface area contributed by atoms with E-state index in [0.717, 1.165) is 50.1 Å². The van der Waals surface area contributed by atoms with E-state index in [1.807, 2.05) is 18.3 Å². The van der Waals surface area contributed by atoms with Crippen LogP contribution in [0, 0.1) is 18.9 Å². The quantitative estimate of drug-likeness (QED) is 0.117. The molecular formula is C33H32IrNO3-. The maximum Gasteiger partial charge on any atom is 0.155 e. The number of aliphatic hydroxyl groups excluding tert-OH is 1. The summed E-state index contributed by atoms with van der Waals surface area (Å²) >= 11 is 0. The number of para-hydroxylation sites is 1. The number of furan rings is 1. The number of nitrogens with zero attached hydrogens (tertiary/aromatic N) is 1. The normalized spacial score (nSPS) is 17.3. The molecule has 1 N–H and O–H groups in total. The molecule has 3 aromatic carbocycles. The second-order valence-electron chi connectivity index (χ2n) is 10.3. The molecule has 5 aromatic rings. The summed E-state index contributed by atoms with van der Waals surface area (Å²) in [4.78, 5) is 14.8. The van der Waals surface area contributed by atoms with Crippen molar-refractivity contribution in [1.82, 2.24) is 4.98 Å². The van der Waals surface area contributed by atoms with E-state index in [-0.39, 0.29) is 31.6 Å². The van der Waals surface area contributed by atoms with Gasteiger partial charge in [-0.2, -0.15) is 0 Å². The van der Waals surface area contributed by atoms with Gasteiger partial charge in [-0.1, -0.05) is 67.6 Å². The first-order chi connectivity index (χ1) is 17.8. The number of aryl methyl sites for hydroxylation is 1. The van der Waals surface area contributed by atoms with E-state index in [1.54, 1.807) is 0 Å². The van der Waals surface area contributed by atoms with Crippen molar-refractivity contribution in [2.24, 2.45) is 5.92 Å². The van der Waals surface area contributed by atoms with Crippen molar-refractivity contribution >= 4 is 38.5 Å². The Morgan fingerprint density at radius 1 is 1.05 bits per heavy atom. The van der Waals surface area contributed by atoms with Crippen molar-refractivity contribution in [1.29, 1.82) is 0 Å². The third kappa shape index (κ3) is 5.75. The molecule has 1 aliphatic rings. The summed E-state index contributed by atoms with van der Waals surface area (Å²) in [6.07, 6.45) is 7.03. The maximum atomic E-state index is 10.0. The number of aliphatic hydroxyl groups is 1. The van der Waals surface area contributed by atoms with Gasteiger partial charge in [0, 0.05) is 37.8 Å². The van der Waals surface area contributed by atoms with Crippen molar-refractivity contribution in [3.8, 4) is 11.3 Å². The third-order valence-corrected chi connectivity index (χ3v) is 7.15. The molecular weight excluding hydrogens is 651 g/mol. The van der Waals surface area contributed by atoms with E-state index in [9.17, 15) is 4.79 Å². The van der Waals surface area contributed by atoms with Gasteiger partial charge in [0.1, 0.15) is 5.58 Å². The third-order valence-electron chi connectivity index (χ3n) is 7.15. The molecule has 1 aliphatic carbocycles. The Labute approximate surface area is 237 Å². The largest absolute Gasteiger partial charge is 0.512 e. The Kier molecular flexibility index (Phi) is 8.50. The first kappa shape index (κ1) is 27.8. The summed E-state index contributed by atoms with van der Waals surface area (Å²) in [5.74, 6) is 1.46. The van der Waals surface area contributed by atoms with Crippen LogP contribution in [0.15, 0.2) is 77.0 Å². The summed E-state index contributed by atoms with van der Waals surface area (Å²) in [6.45, 7) is 7.31. The monoisotopic (exact) mass is 683 g/mol. The van der Waals surface area contributed by atoms with E-state index in [1.165, 1.54) is 50.1 Å². The van der Waals surface area contributed by atoms with Crippen molar-refractivity contribution in [3.05, 3.63) is 89.8 Å². The van der Waals surface area contributed by atoms with Crippen LogP contribution < -0.4 is 0 Å². The molecule has 6 rings (SSSR count). The predicted octanol–water partition coefficient (Wildman–Crippen LogP) is 8.85. The van der Waals surface area contributed by atoms with Crippen molar-refractivity contribution in [2.75, 3.05) is 0 Å². The number of allylic oxidation sites excluding steroid dienone is 2. The number of aromatic nitrogens is 1. The van der Waals surface area contributed by atoms with Gasteiger partial charge in [0.25, 0.3) is 0 Å². The number of benzene rings is 3. The van der Waals surface area contributed by atoms with Gasteiger partial charge >= 0.3 is 0 Å². The van der Waals surface area contributed by atoms with Gasteiger partial charge in [-0.3, -0.25) is 4.79 Å². The van der Waals surface area contributed by atoms with Crippen LogP contribution in [-0.4, -0.2) is 15.9 Å². The molecule has 1 saturated carbocycles. The molecule has 0 aliphatic heterocycles. The molecule has 0 saturated heterocycles. The molecule has 38 heavy (non-hydrogen) atoms. The van der Waals surface area contributed by atoms with E-state index < -0.39 is 0 Å². The van der Waals surface area contributed by atoms with Crippen LogP contribution in [-0.2, 0) is 24.9 Å². The summed E-state index contributed by atoms with van der Waals surface area (Å²) in [6, 6.07) is 23.0. The Hall–Kier alpha value is -3.27. The number of carbonyl (C=O) groups is 1. The molecule has 4 nitrogen and oxygen atoms in total. The smallest absolute Gasteiger partial charge is 0.155 e. The van der Waals surface area contributed by atoms with Gasteiger partial charge < -0.3 is 14.5 Å². The average Bonchev–Trinajstić information content (AvgIpc) is 3.46. The molecule has 5 heteroatoms. The number of rotatable bonds is 3. The number of carbonyl (C=O) groups excluding carboxylic acids is 1. The Morgan fingerprint density at radius 2 is 1.84 bits per heavy atom. The summed E-state index contributed by atoms with van der Waals surface area (Å²) < 4.78 is 6.29. The Morgan fingerprint density at radius 3 is 2.53 bits per heavy atom. The number of hydrogen-bond donors (Lipinski definition) is 1. The molecule has 2 aromatic heterocycles. The van der Waals surface area contributed by atoms with Crippen LogP contribution >= 0.6 is 0 Å². The number of hydrogen-bond acceptors (Lipinski definition) is 4. The van der Waals surface area contributed by atoms with Gasteiger partial charge in [-0.15, -0.1) is 17.7 Å². The molecule has 2 unspecified atom stereocenters. The summed E-state index contributed by atoms with van der Waals surface area (Å²) in [7, 11) is 0. The summed E-state index contributed by atoms with van der Waals surface area (Å²) in [5.41, 5.74) is 6.24. The second-order valence-corrected chi connectivity index (χ2v) is 10.3. The fourth-order valence-corrected chi connectivity index (χ4v) is 5.52. The van der Waals surface area contributed by atoms with E-state index in [4.69, 9.17) is 14.5 Å². The van der Waals surface area contributed by atoms with Crippen molar-refractivity contribution in [3.63, 3.8) is 0 Å². The fourth-order valence-electron chi connectivity index (χ4n) is 5.52. The van der Waals surface area contributed by atoms with Crippen molar-refractivity contribution in [2.45, 2.75) is 52.9 Å². The Balaban J connectivity index is 0.000000375. The molecule has 0 bridgehead atoms. The first-order valence-electron chi connectivity index (χ1n) is 12.9. The molecule has 0 spiro atoms. The van der Waals surface area contributed by atoms with Crippen LogP contribution in [0.5, 0.6) is 0 Å². The molecule has 2 heterocycles. The zero-order valence-corrected chi connectivity index (χ0v) is 24.6. The zero-order chi connectivity index (χ0) is 26.1. The average molecular weight is 683 g/mol. The van der Waals surface area contributed by atoms with E-state index >= 15 is 0 Å². The second kappa shape index (κ2) is 11.6. The van der Waals surface area contributed by atoms with Gasteiger partial charge in [0.05, 0.1) is 11.3 Å². The SMILES string of the molecule is CC(=O)/C=C(/C)O.Cc1[c-]c(-c2nccc3cc(C4CCC(C)C4)ccc23)c2oc3ccccc3c2c1.[Ir]. The van der Waals surface area contributed by atoms with E-state index in [0.29, 0.717) is 5.92 Å². The summed E-state index contributed by atoms with van der Waals surface area (Å²) in [5, 5.41) is 13.0. The standard InChI is InChI=1S/C28H24NO.C5H8O2.Ir/c1-17-7-8-19(13-17)20-9-10-22-21(16-20)11-12-29-27(22)25-15-18(2)14-24-23-5-3-4-6-26(23)30-28(24)25;1-4(6)3-5(2)7;/h3-6,9-12,14,16-17,19H,7-8,13H2,1-2H3;3,6H,1-2H3;/q-1;;/b;4-3-;. The number of fused-ring (bicyclic) bond motifs is 4. The zero-order valence-electron chi connectivity index (χ0n) is 22.2. The van der Waals surface area contributed by atoms with Gasteiger partial charge in [0.2, 0.25) is 0 Å². The fraction of sp³-hybridized carbons (Fsp3) is 0.273. The molecule has 197 valence electrons. The number of pyridine rings is 1. The van der Waals surface area contributed by atoms with Gasteiger partial charge in [-0.05, 0) is 72.7 Å². The van der Waals surface area contributed by atoms with Crippen LogP contribution in [0.25, 0.3) is 44.0 Å². The molecule has 1 fully saturated rings. The van der Waals surface area contributed by atoms with Crippen LogP contribution in [0.4, 0.5) is 0 Å². The minimum Gasteiger partial charge on any atom is -0.512 e. The van der Waals surface area contributed by atoms with Crippen LogP contribution in [0.1, 0.15) is 57.1 Å². The van der Waals surface area contributed by atoms with Crippen molar-refractivity contribution < 1.29 is 34.4 Å². The molecule has 2 atom stereocenters. The van der Waals surface area contributed by atoms with Crippen LogP contribution in [0.3, 0.4) is 0 Å². The molecule has 1 radical (unpaired) electrons. The van der Waals surface area contributed by atoms with Gasteiger partial charge in [-0.25, -0.2) is 0 Å². The van der Waals surface area contributed by atoms with E-state index in [2.05, 4.69) is 62.4 Å². The maximum absolute atomic E-state index is 10.0. The molecule has 0 amide bonds.